The zero-order chi connectivity index (χ0) is 15.1. The van der Waals surface area contributed by atoms with Gasteiger partial charge in [-0.1, -0.05) is 40.5 Å². The summed E-state index contributed by atoms with van der Waals surface area (Å²) in [6.45, 7) is 11.1. The number of likely N-dealkylation sites (N-methyl/N-ethyl adjacent to an activating group) is 1. The molecule has 0 fully saturated rings. The first-order valence-electron chi connectivity index (χ1n) is 8.05. The van der Waals surface area contributed by atoms with Crippen LogP contribution in [0.3, 0.4) is 0 Å². The highest BCUT2D eigenvalue weighted by molar-refractivity contribution is 5.13. The molecule has 2 atom stereocenters. The third-order valence-corrected chi connectivity index (χ3v) is 4.39. The van der Waals surface area contributed by atoms with Crippen molar-refractivity contribution in [3.05, 3.63) is 18.0 Å². The predicted octanol–water partition coefficient (Wildman–Crippen LogP) is 2.96. The Morgan fingerprint density at radius 3 is 2.25 bits per heavy atom. The van der Waals surface area contributed by atoms with E-state index in [0.29, 0.717) is 0 Å². The maximum Gasteiger partial charge on any atom is 0.0538 e. The van der Waals surface area contributed by atoms with Gasteiger partial charge in [0.15, 0.2) is 0 Å². The van der Waals surface area contributed by atoms with E-state index in [1.165, 1.54) is 18.4 Å². The van der Waals surface area contributed by atoms with E-state index in [-0.39, 0.29) is 12.1 Å². The molecule has 0 amide bonds. The molecule has 0 aliphatic rings. The van der Waals surface area contributed by atoms with Crippen LogP contribution in [-0.4, -0.2) is 33.8 Å². The quantitative estimate of drug-likeness (QED) is 0.756. The third kappa shape index (κ3) is 4.32. The second-order valence-corrected chi connectivity index (χ2v) is 5.73. The molecule has 20 heavy (non-hydrogen) atoms. The average molecular weight is 280 g/mol. The van der Waals surface area contributed by atoms with Crippen molar-refractivity contribution in [3.63, 3.8) is 0 Å². The molecule has 0 aliphatic carbocycles. The molecular formula is C16H32N4. The molecule has 1 aromatic heterocycles. The summed E-state index contributed by atoms with van der Waals surface area (Å²) in [7, 11) is 1.97. The lowest BCUT2D eigenvalue weighted by molar-refractivity contribution is 0.147. The molecule has 4 heteroatoms. The Balaban J connectivity index is 2.95. The van der Waals surface area contributed by atoms with Gasteiger partial charge in [0.2, 0.25) is 0 Å². The second kappa shape index (κ2) is 8.42. The first kappa shape index (κ1) is 17.2. The Morgan fingerprint density at radius 1 is 1.20 bits per heavy atom. The standard InChI is InChI=1S/C16H32N4/c1-6-13(7-2)11-20(9-4)16(15(17)8-3)14-10-18-19(5)12-14/h10,12-13,15-16H,6-9,11,17H2,1-5H3. The van der Waals surface area contributed by atoms with E-state index in [2.05, 4.69) is 43.9 Å². The highest BCUT2D eigenvalue weighted by Crippen LogP contribution is 2.26. The van der Waals surface area contributed by atoms with Crippen LogP contribution in [0.1, 0.15) is 58.6 Å². The van der Waals surface area contributed by atoms with Crippen molar-refractivity contribution in [1.29, 1.82) is 0 Å². The fraction of sp³-hybridized carbons (Fsp3) is 0.812. The smallest absolute Gasteiger partial charge is 0.0538 e. The second-order valence-electron chi connectivity index (χ2n) is 5.73. The van der Waals surface area contributed by atoms with Crippen LogP contribution in [0.4, 0.5) is 0 Å². The maximum absolute atomic E-state index is 6.41. The van der Waals surface area contributed by atoms with Gasteiger partial charge in [0, 0.05) is 31.4 Å². The van der Waals surface area contributed by atoms with Crippen molar-refractivity contribution in [2.75, 3.05) is 13.1 Å². The molecule has 1 aromatic rings. The van der Waals surface area contributed by atoms with Gasteiger partial charge in [0.25, 0.3) is 0 Å². The molecule has 0 aliphatic heterocycles. The molecule has 2 N–H and O–H groups in total. The molecule has 116 valence electrons. The molecule has 1 rings (SSSR count). The first-order chi connectivity index (χ1) is 9.57. The van der Waals surface area contributed by atoms with Crippen molar-refractivity contribution in [2.24, 2.45) is 18.7 Å². The van der Waals surface area contributed by atoms with Crippen molar-refractivity contribution < 1.29 is 0 Å². The molecule has 0 bridgehead atoms. The van der Waals surface area contributed by atoms with Crippen LogP contribution in [0, 0.1) is 5.92 Å². The van der Waals surface area contributed by atoms with Gasteiger partial charge in [0.05, 0.1) is 12.2 Å². The van der Waals surface area contributed by atoms with E-state index in [1.807, 2.05) is 17.9 Å². The molecule has 0 spiro atoms. The molecule has 4 nitrogen and oxygen atoms in total. The summed E-state index contributed by atoms with van der Waals surface area (Å²) in [5, 5.41) is 4.32. The fourth-order valence-electron chi connectivity index (χ4n) is 2.86. The Labute approximate surface area is 124 Å². The van der Waals surface area contributed by atoms with Gasteiger partial charge in [-0.3, -0.25) is 9.58 Å². The Kier molecular flexibility index (Phi) is 7.24. The molecule has 0 aromatic carbocycles. The van der Waals surface area contributed by atoms with Crippen LogP contribution in [-0.2, 0) is 7.05 Å². The topological polar surface area (TPSA) is 47.1 Å². The summed E-state index contributed by atoms with van der Waals surface area (Å²) in [6.07, 6.45) is 7.52. The summed E-state index contributed by atoms with van der Waals surface area (Å²) >= 11 is 0. The molecular weight excluding hydrogens is 248 g/mol. The zero-order valence-electron chi connectivity index (χ0n) is 13.8. The highest BCUT2D eigenvalue weighted by Gasteiger charge is 2.27. The van der Waals surface area contributed by atoms with Crippen LogP contribution in [0.15, 0.2) is 12.4 Å². The Morgan fingerprint density at radius 2 is 1.85 bits per heavy atom. The minimum atomic E-state index is 0.161. The third-order valence-electron chi connectivity index (χ3n) is 4.39. The van der Waals surface area contributed by atoms with E-state index >= 15 is 0 Å². The number of rotatable bonds is 9. The molecule has 1 heterocycles. The average Bonchev–Trinajstić information content (AvgIpc) is 2.88. The molecule has 2 unspecified atom stereocenters. The lowest BCUT2D eigenvalue weighted by Crippen LogP contribution is -2.42. The summed E-state index contributed by atoms with van der Waals surface area (Å²) in [5.74, 6) is 0.748. The van der Waals surface area contributed by atoms with Gasteiger partial charge in [-0.2, -0.15) is 5.10 Å². The normalized spacial score (nSPS) is 15.0. The van der Waals surface area contributed by atoms with E-state index in [4.69, 9.17) is 5.73 Å². The number of nitrogens with two attached hydrogens (primary N) is 1. The monoisotopic (exact) mass is 280 g/mol. The number of hydrogen-bond donors (Lipinski definition) is 1. The minimum absolute atomic E-state index is 0.161. The van der Waals surface area contributed by atoms with Gasteiger partial charge in [0.1, 0.15) is 0 Å². The van der Waals surface area contributed by atoms with Crippen molar-refractivity contribution in [1.82, 2.24) is 14.7 Å². The minimum Gasteiger partial charge on any atom is -0.326 e. The van der Waals surface area contributed by atoms with E-state index < -0.39 is 0 Å². The first-order valence-corrected chi connectivity index (χ1v) is 8.05. The van der Waals surface area contributed by atoms with Crippen LogP contribution in [0.5, 0.6) is 0 Å². The van der Waals surface area contributed by atoms with Crippen LogP contribution < -0.4 is 5.73 Å². The van der Waals surface area contributed by atoms with Crippen molar-refractivity contribution >= 4 is 0 Å². The van der Waals surface area contributed by atoms with Gasteiger partial charge >= 0.3 is 0 Å². The van der Waals surface area contributed by atoms with Gasteiger partial charge in [-0.05, 0) is 18.9 Å². The summed E-state index contributed by atoms with van der Waals surface area (Å²) in [4.78, 5) is 2.53. The van der Waals surface area contributed by atoms with Crippen LogP contribution in [0.25, 0.3) is 0 Å². The lowest BCUT2D eigenvalue weighted by Gasteiger charge is -2.36. The molecule has 0 saturated carbocycles. The van der Waals surface area contributed by atoms with Gasteiger partial charge in [-0.25, -0.2) is 0 Å². The fourth-order valence-corrected chi connectivity index (χ4v) is 2.86. The van der Waals surface area contributed by atoms with Gasteiger partial charge in [-0.15, -0.1) is 0 Å². The van der Waals surface area contributed by atoms with Gasteiger partial charge < -0.3 is 5.73 Å². The molecule has 0 radical (unpaired) electrons. The van der Waals surface area contributed by atoms with Crippen molar-refractivity contribution in [2.45, 2.75) is 59.0 Å². The number of aromatic nitrogens is 2. The highest BCUT2D eigenvalue weighted by atomic mass is 15.3. The molecule has 0 saturated heterocycles. The van der Waals surface area contributed by atoms with E-state index in [0.717, 1.165) is 25.4 Å². The largest absolute Gasteiger partial charge is 0.326 e. The summed E-state index contributed by atoms with van der Waals surface area (Å²) in [5.41, 5.74) is 7.66. The SMILES string of the molecule is CCC(CC)CN(CC)C(c1cnn(C)c1)C(N)CC. The van der Waals surface area contributed by atoms with E-state index in [9.17, 15) is 0 Å². The number of aryl methyl sites for hydroxylation is 1. The van der Waals surface area contributed by atoms with Crippen molar-refractivity contribution in [3.8, 4) is 0 Å². The summed E-state index contributed by atoms with van der Waals surface area (Å²) < 4.78 is 1.87. The zero-order valence-corrected chi connectivity index (χ0v) is 13.8. The Bertz CT molecular complexity index is 370. The number of hydrogen-bond acceptors (Lipinski definition) is 3. The maximum atomic E-state index is 6.41. The lowest BCUT2D eigenvalue weighted by atomic mass is 9.96. The number of nitrogens with zero attached hydrogens (tertiary/aromatic N) is 3. The van der Waals surface area contributed by atoms with Crippen LogP contribution >= 0.6 is 0 Å². The van der Waals surface area contributed by atoms with E-state index in [1.54, 1.807) is 0 Å². The van der Waals surface area contributed by atoms with Crippen LogP contribution in [0.2, 0.25) is 0 Å². The Hall–Kier alpha value is -0.870. The predicted molar refractivity (Wildman–Crippen MR) is 85.5 cm³/mol. The summed E-state index contributed by atoms with van der Waals surface area (Å²) in [6, 6.07) is 0.438.